The largest absolute Gasteiger partial charge is 0.464 e. The number of amides is 2. The first kappa shape index (κ1) is 32.4. The second-order valence-electron chi connectivity index (χ2n) is 11.1. The number of likely N-dealkylation sites (N-methyl/N-ethyl adjacent to an activating group) is 1. The van der Waals surface area contributed by atoms with E-state index in [-0.39, 0.29) is 18.0 Å². The molecule has 0 aromatic heterocycles. The summed E-state index contributed by atoms with van der Waals surface area (Å²) in [6.45, 7) is 8.49. The molecule has 0 N–H and O–H groups in total. The number of carbonyl (C=O) groups is 3. The minimum absolute atomic E-state index is 0.114. The summed E-state index contributed by atoms with van der Waals surface area (Å²) in [5, 5.41) is 0. The molecule has 234 valence electrons. The lowest BCUT2D eigenvalue weighted by molar-refractivity contribution is -0.146. The van der Waals surface area contributed by atoms with Crippen LogP contribution in [-0.4, -0.2) is 99.0 Å². The number of aryl methyl sites for hydroxylation is 1. The second kappa shape index (κ2) is 14.3. The molecule has 4 rings (SSSR count). The SMILES string of the molecule is CCCCOC(=O)[C@H](C)N(C(=O)[C@@H]1CCCN1S(=O)(=O)c1ccc(C)cc1)c1ccc(OC(=O)N2CCN(C)CC2)cc1. The number of benzene rings is 2. The number of unbranched alkanes of at least 4 members (excludes halogenated alkanes) is 1. The normalized spacial score (nSPS) is 18.7. The van der Waals surface area contributed by atoms with Gasteiger partial charge >= 0.3 is 12.1 Å². The summed E-state index contributed by atoms with van der Waals surface area (Å²) in [5.74, 6) is -0.809. The molecular formula is C31H42N4O7S. The van der Waals surface area contributed by atoms with Gasteiger partial charge in [-0.05, 0) is 76.6 Å². The monoisotopic (exact) mass is 614 g/mol. The molecule has 0 spiro atoms. The van der Waals surface area contributed by atoms with Crippen molar-refractivity contribution in [1.82, 2.24) is 14.1 Å². The Hall–Kier alpha value is -3.48. The van der Waals surface area contributed by atoms with Crippen molar-refractivity contribution in [2.24, 2.45) is 0 Å². The van der Waals surface area contributed by atoms with Crippen LogP contribution in [0.2, 0.25) is 0 Å². The van der Waals surface area contributed by atoms with Crippen molar-refractivity contribution in [3.63, 3.8) is 0 Å². The van der Waals surface area contributed by atoms with Crippen LogP contribution in [0, 0.1) is 6.92 Å². The van der Waals surface area contributed by atoms with Crippen molar-refractivity contribution in [2.45, 2.75) is 63.4 Å². The van der Waals surface area contributed by atoms with E-state index < -0.39 is 40.1 Å². The highest BCUT2D eigenvalue weighted by Gasteiger charge is 2.43. The van der Waals surface area contributed by atoms with E-state index in [1.54, 1.807) is 48.2 Å². The van der Waals surface area contributed by atoms with Crippen LogP contribution in [0.25, 0.3) is 0 Å². The zero-order valence-electron chi connectivity index (χ0n) is 25.4. The number of ether oxygens (including phenoxy) is 2. The van der Waals surface area contributed by atoms with Crippen molar-refractivity contribution >= 4 is 33.7 Å². The van der Waals surface area contributed by atoms with Crippen LogP contribution in [-0.2, 0) is 24.3 Å². The minimum Gasteiger partial charge on any atom is -0.464 e. The van der Waals surface area contributed by atoms with Gasteiger partial charge in [-0.3, -0.25) is 9.69 Å². The molecule has 0 radical (unpaired) electrons. The highest BCUT2D eigenvalue weighted by molar-refractivity contribution is 7.89. The molecule has 2 aromatic rings. The van der Waals surface area contributed by atoms with Crippen LogP contribution < -0.4 is 9.64 Å². The fraction of sp³-hybridized carbons (Fsp3) is 0.516. The van der Waals surface area contributed by atoms with E-state index in [2.05, 4.69) is 4.90 Å². The van der Waals surface area contributed by atoms with Gasteiger partial charge in [0.1, 0.15) is 17.8 Å². The molecule has 2 aliphatic heterocycles. The summed E-state index contributed by atoms with van der Waals surface area (Å²) >= 11 is 0. The number of nitrogens with zero attached hydrogens (tertiary/aromatic N) is 4. The van der Waals surface area contributed by atoms with Gasteiger partial charge in [0.2, 0.25) is 15.9 Å². The molecule has 12 heteroatoms. The van der Waals surface area contributed by atoms with Crippen LogP contribution >= 0.6 is 0 Å². The Morgan fingerprint density at radius 3 is 2.26 bits per heavy atom. The third-order valence-corrected chi connectivity index (χ3v) is 9.83. The summed E-state index contributed by atoms with van der Waals surface area (Å²) in [6.07, 6.45) is 1.90. The Labute approximate surface area is 254 Å². The van der Waals surface area contributed by atoms with Crippen LogP contribution in [0.15, 0.2) is 53.4 Å². The van der Waals surface area contributed by atoms with Crippen molar-refractivity contribution in [2.75, 3.05) is 51.3 Å². The van der Waals surface area contributed by atoms with E-state index in [0.29, 0.717) is 43.8 Å². The van der Waals surface area contributed by atoms with E-state index >= 15 is 0 Å². The van der Waals surface area contributed by atoms with E-state index in [1.165, 1.54) is 21.3 Å². The van der Waals surface area contributed by atoms with Gasteiger partial charge in [-0.1, -0.05) is 31.0 Å². The van der Waals surface area contributed by atoms with Gasteiger partial charge in [0, 0.05) is 38.4 Å². The van der Waals surface area contributed by atoms with Gasteiger partial charge < -0.3 is 19.3 Å². The lowest BCUT2D eigenvalue weighted by atomic mass is 10.1. The Morgan fingerprint density at radius 1 is 0.977 bits per heavy atom. The predicted molar refractivity (Wildman–Crippen MR) is 162 cm³/mol. The molecular weight excluding hydrogens is 572 g/mol. The zero-order chi connectivity index (χ0) is 31.1. The van der Waals surface area contributed by atoms with Crippen molar-refractivity contribution in [3.8, 4) is 5.75 Å². The number of piperazine rings is 1. The maximum atomic E-state index is 14.2. The third-order valence-electron chi connectivity index (χ3n) is 7.91. The first-order chi connectivity index (χ1) is 20.5. The molecule has 2 aliphatic rings. The van der Waals surface area contributed by atoms with E-state index in [4.69, 9.17) is 9.47 Å². The maximum Gasteiger partial charge on any atom is 0.415 e. The maximum absolute atomic E-state index is 14.2. The Balaban J connectivity index is 1.58. The fourth-order valence-electron chi connectivity index (χ4n) is 5.19. The van der Waals surface area contributed by atoms with E-state index in [0.717, 1.165) is 25.1 Å². The fourth-order valence-corrected chi connectivity index (χ4v) is 6.85. The Bertz CT molecular complexity index is 1370. The van der Waals surface area contributed by atoms with Crippen molar-refractivity contribution < 1.29 is 32.3 Å². The predicted octanol–water partition coefficient (Wildman–Crippen LogP) is 3.66. The molecule has 2 saturated heterocycles. The van der Waals surface area contributed by atoms with E-state index in [1.807, 2.05) is 20.9 Å². The van der Waals surface area contributed by atoms with E-state index in [9.17, 15) is 22.8 Å². The number of anilines is 1. The Morgan fingerprint density at radius 2 is 1.63 bits per heavy atom. The van der Waals surface area contributed by atoms with Crippen LogP contribution in [0.3, 0.4) is 0 Å². The molecule has 0 bridgehead atoms. The highest BCUT2D eigenvalue weighted by atomic mass is 32.2. The standard InChI is InChI=1S/C31H42N4O7S/c1-5-6-22-41-30(37)24(3)35(25-11-13-26(14-12-25)42-31(38)33-20-18-32(4)19-21-33)29(36)28-8-7-17-34(28)43(39,40)27-15-9-23(2)10-16-27/h9-16,24,28H,5-8,17-22H2,1-4H3/t24-,28-/m0/s1. The lowest BCUT2D eigenvalue weighted by Gasteiger charge is -2.33. The van der Waals surface area contributed by atoms with Gasteiger partial charge in [-0.25, -0.2) is 18.0 Å². The van der Waals surface area contributed by atoms with Crippen LogP contribution in [0.5, 0.6) is 5.75 Å². The molecule has 2 heterocycles. The van der Waals surface area contributed by atoms with Gasteiger partial charge in [0.05, 0.1) is 11.5 Å². The molecule has 0 unspecified atom stereocenters. The molecule has 11 nitrogen and oxygen atoms in total. The number of sulfonamides is 1. The molecule has 2 fully saturated rings. The van der Waals surface area contributed by atoms with Gasteiger partial charge in [0.25, 0.3) is 0 Å². The van der Waals surface area contributed by atoms with Crippen LogP contribution in [0.1, 0.15) is 45.1 Å². The average Bonchev–Trinajstić information content (AvgIpc) is 3.50. The first-order valence-corrected chi connectivity index (χ1v) is 16.3. The number of carbonyl (C=O) groups excluding carboxylic acids is 3. The Kier molecular flexibility index (Phi) is 10.8. The highest BCUT2D eigenvalue weighted by Crippen LogP contribution is 2.31. The zero-order valence-corrected chi connectivity index (χ0v) is 26.2. The molecule has 0 aliphatic carbocycles. The lowest BCUT2D eigenvalue weighted by Crippen LogP contribution is -2.53. The van der Waals surface area contributed by atoms with Gasteiger partial charge in [-0.2, -0.15) is 4.31 Å². The number of hydrogen-bond acceptors (Lipinski definition) is 8. The number of rotatable bonds is 10. The topological polar surface area (TPSA) is 117 Å². The average molecular weight is 615 g/mol. The number of esters is 1. The number of hydrogen-bond donors (Lipinski definition) is 0. The first-order valence-electron chi connectivity index (χ1n) is 14.9. The minimum atomic E-state index is -3.96. The summed E-state index contributed by atoms with van der Waals surface area (Å²) < 4.78 is 39.4. The molecule has 2 aromatic carbocycles. The van der Waals surface area contributed by atoms with Crippen molar-refractivity contribution in [1.29, 1.82) is 0 Å². The molecule has 2 atom stereocenters. The van der Waals surface area contributed by atoms with Crippen LogP contribution in [0.4, 0.5) is 10.5 Å². The summed E-state index contributed by atoms with van der Waals surface area (Å²) in [4.78, 5) is 45.1. The molecule has 0 saturated carbocycles. The third kappa shape index (κ3) is 7.73. The van der Waals surface area contributed by atoms with Crippen molar-refractivity contribution in [3.05, 3.63) is 54.1 Å². The van der Waals surface area contributed by atoms with Gasteiger partial charge in [-0.15, -0.1) is 0 Å². The summed E-state index contributed by atoms with van der Waals surface area (Å²) in [5.41, 5.74) is 1.29. The smallest absolute Gasteiger partial charge is 0.415 e. The second-order valence-corrected chi connectivity index (χ2v) is 13.0. The van der Waals surface area contributed by atoms with Gasteiger partial charge in [0.15, 0.2) is 0 Å². The molecule has 43 heavy (non-hydrogen) atoms. The summed E-state index contributed by atoms with van der Waals surface area (Å²) in [6, 6.07) is 10.8. The quantitative estimate of drug-likeness (QED) is 0.294. The summed E-state index contributed by atoms with van der Waals surface area (Å²) in [7, 11) is -1.96. The molecule has 2 amide bonds.